The molecule has 0 radical (unpaired) electrons. The van der Waals surface area contributed by atoms with Gasteiger partial charge in [0.2, 0.25) is 10.8 Å². The second-order valence-corrected chi connectivity index (χ2v) is 12.0. The molecule has 0 spiro atoms. The SMILES string of the molecule is O=C(NC[C@@H]1CCCN1c1nc(N2CCN(c3ccc(Cl)cc3)CC2)nc2c1[S+]([O-])CC2)Nc1ccccc1. The van der Waals surface area contributed by atoms with E-state index in [1.807, 2.05) is 42.5 Å². The van der Waals surface area contributed by atoms with Crippen molar-refractivity contribution in [2.24, 2.45) is 0 Å². The van der Waals surface area contributed by atoms with Crippen LogP contribution in [-0.2, 0) is 17.6 Å². The van der Waals surface area contributed by atoms with Gasteiger partial charge in [0.05, 0.1) is 0 Å². The highest BCUT2D eigenvalue weighted by Gasteiger charge is 2.38. The quantitative estimate of drug-likeness (QED) is 0.437. The van der Waals surface area contributed by atoms with Gasteiger partial charge in [-0.2, -0.15) is 4.98 Å². The number of aromatic nitrogens is 2. The maximum atomic E-state index is 13.0. The molecule has 0 saturated carbocycles. The molecule has 0 bridgehead atoms. The number of benzene rings is 2. The summed E-state index contributed by atoms with van der Waals surface area (Å²) < 4.78 is 13.0. The predicted molar refractivity (Wildman–Crippen MR) is 157 cm³/mol. The smallest absolute Gasteiger partial charge is 0.319 e. The number of piperazine rings is 1. The van der Waals surface area contributed by atoms with Crippen LogP contribution < -0.4 is 25.3 Å². The first-order chi connectivity index (χ1) is 19.0. The Hall–Kier alpha value is -3.21. The van der Waals surface area contributed by atoms with Crippen LogP contribution in [0.2, 0.25) is 5.02 Å². The number of fused-ring (bicyclic) bond motifs is 1. The van der Waals surface area contributed by atoms with Crippen molar-refractivity contribution in [1.82, 2.24) is 15.3 Å². The number of carbonyl (C=O) groups excluding carboxylic acids is 1. The Morgan fingerprint density at radius 2 is 1.74 bits per heavy atom. The van der Waals surface area contributed by atoms with Gasteiger partial charge in [0.25, 0.3) is 0 Å². The van der Waals surface area contributed by atoms with Gasteiger partial charge in [-0.1, -0.05) is 29.8 Å². The van der Waals surface area contributed by atoms with E-state index in [2.05, 4.69) is 37.5 Å². The van der Waals surface area contributed by atoms with Crippen molar-refractivity contribution >= 4 is 51.9 Å². The average molecular weight is 566 g/mol. The van der Waals surface area contributed by atoms with Gasteiger partial charge < -0.3 is 29.9 Å². The number of anilines is 4. The van der Waals surface area contributed by atoms with Gasteiger partial charge in [0.15, 0.2) is 5.82 Å². The van der Waals surface area contributed by atoms with Crippen LogP contribution in [0.15, 0.2) is 59.5 Å². The summed E-state index contributed by atoms with van der Waals surface area (Å²) >= 11 is 4.96. The molecular weight excluding hydrogens is 534 g/mol. The van der Waals surface area contributed by atoms with E-state index >= 15 is 0 Å². The van der Waals surface area contributed by atoms with E-state index in [1.165, 1.54) is 0 Å². The van der Waals surface area contributed by atoms with E-state index in [-0.39, 0.29) is 12.1 Å². The van der Waals surface area contributed by atoms with Gasteiger partial charge in [0.1, 0.15) is 11.4 Å². The van der Waals surface area contributed by atoms with E-state index < -0.39 is 11.2 Å². The normalized spacial score (nSPS) is 20.7. The molecule has 3 aliphatic heterocycles. The fourth-order valence-electron chi connectivity index (χ4n) is 5.55. The van der Waals surface area contributed by atoms with Gasteiger partial charge in [0, 0.05) is 68.1 Å². The van der Waals surface area contributed by atoms with Gasteiger partial charge in [-0.3, -0.25) is 0 Å². The molecular formula is C28H32ClN7O2S. The Labute approximate surface area is 236 Å². The first-order valence-corrected chi connectivity index (χ1v) is 15.2. The van der Waals surface area contributed by atoms with Crippen molar-refractivity contribution in [2.45, 2.75) is 30.2 Å². The van der Waals surface area contributed by atoms with Crippen molar-refractivity contribution in [3.63, 3.8) is 0 Å². The van der Waals surface area contributed by atoms with Crippen LogP contribution in [0.25, 0.3) is 0 Å². The summed E-state index contributed by atoms with van der Waals surface area (Å²) in [6.45, 7) is 4.62. The maximum Gasteiger partial charge on any atom is 0.319 e. The number of aryl methyl sites for hydroxylation is 1. The highest BCUT2D eigenvalue weighted by Crippen LogP contribution is 2.37. The van der Waals surface area contributed by atoms with Crippen LogP contribution in [0.5, 0.6) is 0 Å². The van der Waals surface area contributed by atoms with Gasteiger partial charge >= 0.3 is 6.03 Å². The molecule has 2 atom stereocenters. The standard InChI is InChI=1S/C28H32ClN7O2S/c29-20-8-10-22(11-9-20)34-14-16-35(17-15-34)27-32-24-12-18-39(38)25(24)26(33-27)36-13-4-7-23(36)19-30-28(37)31-21-5-2-1-3-6-21/h1-3,5-6,8-11,23H,4,7,12-19H2,(H2,30,31,37)/t23-,39?/m0/s1. The summed E-state index contributed by atoms with van der Waals surface area (Å²) in [5.41, 5.74) is 2.81. The minimum Gasteiger partial charge on any atom is -0.611 e. The summed E-state index contributed by atoms with van der Waals surface area (Å²) in [5, 5.41) is 6.63. The largest absolute Gasteiger partial charge is 0.611 e. The third-order valence-corrected chi connectivity index (χ3v) is 9.29. The Kier molecular flexibility index (Phi) is 7.67. The number of rotatable bonds is 6. The molecule has 9 nitrogen and oxygen atoms in total. The lowest BCUT2D eigenvalue weighted by Crippen LogP contribution is -2.47. The summed E-state index contributed by atoms with van der Waals surface area (Å²) in [7, 11) is 0. The number of halogens is 1. The zero-order chi connectivity index (χ0) is 26.8. The fraction of sp³-hybridized carbons (Fsp3) is 0.393. The maximum absolute atomic E-state index is 13.0. The van der Waals surface area contributed by atoms with Crippen LogP contribution in [-0.4, -0.2) is 71.6 Å². The Morgan fingerprint density at radius 1 is 1.00 bits per heavy atom. The minimum absolute atomic E-state index is 0.0812. The lowest BCUT2D eigenvalue weighted by Gasteiger charge is -2.36. The topological polar surface area (TPSA) is 99.7 Å². The third kappa shape index (κ3) is 5.73. The lowest BCUT2D eigenvalue weighted by atomic mass is 10.2. The molecule has 2 aromatic carbocycles. The predicted octanol–water partition coefficient (Wildman–Crippen LogP) is 3.91. The summed E-state index contributed by atoms with van der Waals surface area (Å²) in [6.07, 6.45) is 2.63. The van der Waals surface area contributed by atoms with Crippen LogP contribution in [0.4, 0.5) is 27.9 Å². The number of carbonyl (C=O) groups is 1. The molecule has 204 valence electrons. The van der Waals surface area contributed by atoms with E-state index in [0.717, 1.165) is 78.4 Å². The van der Waals surface area contributed by atoms with E-state index in [9.17, 15) is 9.35 Å². The number of amides is 2. The number of para-hydroxylation sites is 1. The van der Waals surface area contributed by atoms with Gasteiger partial charge in [-0.05, 0) is 60.4 Å². The molecule has 2 saturated heterocycles. The number of hydrogen-bond acceptors (Lipinski definition) is 7. The molecule has 1 unspecified atom stereocenters. The Balaban J connectivity index is 1.17. The molecule has 2 N–H and O–H groups in total. The first kappa shape index (κ1) is 26.0. The number of hydrogen-bond donors (Lipinski definition) is 2. The molecule has 11 heteroatoms. The summed E-state index contributed by atoms with van der Waals surface area (Å²) in [5.74, 6) is 2.07. The summed E-state index contributed by atoms with van der Waals surface area (Å²) in [4.78, 5) is 30.0. The molecule has 39 heavy (non-hydrogen) atoms. The van der Waals surface area contributed by atoms with E-state index in [1.54, 1.807) is 0 Å². The Morgan fingerprint density at radius 3 is 2.51 bits per heavy atom. The third-order valence-electron chi connectivity index (χ3n) is 7.59. The van der Waals surface area contributed by atoms with Crippen molar-refractivity contribution in [2.75, 3.05) is 65.0 Å². The van der Waals surface area contributed by atoms with Crippen LogP contribution >= 0.6 is 11.6 Å². The number of nitrogens with one attached hydrogen (secondary N) is 2. The van der Waals surface area contributed by atoms with Crippen LogP contribution in [0, 0.1) is 0 Å². The van der Waals surface area contributed by atoms with Crippen molar-refractivity contribution in [1.29, 1.82) is 0 Å². The van der Waals surface area contributed by atoms with Crippen molar-refractivity contribution < 1.29 is 9.35 Å². The van der Waals surface area contributed by atoms with Gasteiger partial charge in [-0.25, -0.2) is 9.78 Å². The molecule has 0 aliphatic carbocycles. The average Bonchev–Trinajstić information content (AvgIpc) is 3.59. The van der Waals surface area contributed by atoms with Crippen LogP contribution in [0.3, 0.4) is 0 Å². The monoisotopic (exact) mass is 565 g/mol. The fourth-order valence-corrected chi connectivity index (χ4v) is 7.04. The van der Waals surface area contributed by atoms with Crippen LogP contribution in [0.1, 0.15) is 18.5 Å². The second kappa shape index (κ2) is 11.5. The molecule has 6 rings (SSSR count). The summed E-state index contributed by atoms with van der Waals surface area (Å²) in [6, 6.07) is 17.2. The molecule has 4 heterocycles. The van der Waals surface area contributed by atoms with Gasteiger partial charge in [-0.15, -0.1) is 0 Å². The Bertz CT molecular complexity index is 1310. The van der Waals surface area contributed by atoms with Crippen molar-refractivity contribution in [3.05, 3.63) is 65.3 Å². The van der Waals surface area contributed by atoms with Crippen molar-refractivity contribution in [3.8, 4) is 0 Å². The molecule has 3 aliphatic rings. The molecule has 2 amide bonds. The molecule has 2 fully saturated rings. The number of nitrogens with zero attached hydrogens (tertiary/aromatic N) is 5. The lowest BCUT2D eigenvalue weighted by molar-refractivity contribution is 0.251. The zero-order valence-corrected chi connectivity index (χ0v) is 23.3. The first-order valence-electron chi connectivity index (χ1n) is 13.5. The zero-order valence-electron chi connectivity index (χ0n) is 21.7. The molecule has 1 aromatic heterocycles. The number of urea groups is 1. The molecule has 3 aromatic rings. The minimum atomic E-state index is -1.11. The second-order valence-electron chi connectivity index (χ2n) is 10.1. The van der Waals surface area contributed by atoms with E-state index in [0.29, 0.717) is 24.7 Å². The van der Waals surface area contributed by atoms with E-state index in [4.69, 9.17) is 21.6 Å². The highest BCUT2D eigenvalue weighted by molar-refractivity contribution is 7.91. The highest BCUT2D eigenvalue weighted by atomic mass is 35.5.